The van der Waals surface area contributed by atoms with Gasteiger partial charge in [0.15, 0.2) is 5.78 Å². The lowest BCUT2D eigenvalue weighted by atomic mass is 9.85. The third-order valence-corrected chi connectivity index (χ3v) is 4.21. The Balaban J connectivity index is 2.81. The molecule has 2 atom stereocenters. The van der Waals surface area contributed by atoms with Crippen LogP contribution in [0.2, 0.25) is 0 Å². The van der Waals surface area contributed by atoms with Crippen LogP contribution in [-0.4, -0.2) is 57.4 Å². The number of carbonyl (C=O) groups is 4. The number of hydrogen-bond donors (Lipinski definition) is 3. The largest absolute Gasteiger partial charge is 0.481 e. The summed E-state index contributed by atoms with van der Waals surface area (Å²) >= 11 is 0. The number of hydrogen-bond acceptors (Lipinski definition) is 5. The summed E-state index contributed by atoms with van der Waals surface area (Å²) in [5.41, 5.74) is 4.29. The maximum absolute atomic E-state index is 12.5. The minimum atomic E-state index is -1.20. The van der Waals surface area contributed by atoms with Gasteiger partial charge in [0.1, 0.15) is 0 Å². The van der Waals surface area contributed by atoms with E-state index in [0.29, 0.717) is 19.4 Å². The van der Waals surface area contributed by atoms with Crippen molar-refractivity contribution in [2.24, 2.45) is 11.7 Å². The Kier molecular flexibility index (Phi) is 6.04. The molecule has 0 aliphatic carbocycles. The zero-order valence-electron chi connectivity index (χ0n) is 12.6. The summed E-state index contributed by atoms with van der Waals surface area (Å²) in [6, 6.07) is 0. The zero-order valence-corrected chi connectivity index (χ0v) is 12.6. The van der Waals surface area contributed by atoms with Crippen molar-refractivity contribution in [1.29, 1.82) is 0 Å². The summed E-state index contributed by atoms with van der Waals surface area (Å²) in [5.74, 6) is -4.06. The smallest absolute Gasteiger partial charge is 0.306 e. The van der Waals surface area contributed by atoms with E-state index < -0.39 is 23.4 Å². The van der Waals surface area contributed by atoms with Crippen molar-refractivity contribution in [2.75, 3.05) is 13.1 Å². The van der Waals surface area contributed by atoms with Gasteiger partial charge in [-0.25, -0.2) is 0 Å². The number of carboxylic acid groups (broad SMARTS) is 2. The number of ketones is 1. The molecule has 0 aromatic heterocycles. The molecule has 1 saturated heterocycles. The molecule has 1 aliphatic heterocycles. The molecule has 0 saturated carbocycles. The summed E-state index contributed by atoms with van der Waals surface area (Å²) in [7, 11) is 0. The van der Waals surface area contributed by atoms with Crippen molar-refractivity contribution in [2.45, 2.75) is 44.6 Å². The highest BCUT2D eigenvalue weighted by molar-refractivity contribution is 5.95. The van der Waals surface area contributed by atoms with Crippen LogP contribution in [-0.2, 0) is 19.2 Å². The minimum absolute atomic E-state index is 0.114. The fourth-order valence-corrected chi connectivity index (χ4v) is 2.82. The summed E-state index contributed by atoms with van der Waals surface area (Å²) in [4.78, 5) is 47.5. The van der Waals surface area contributed by atoms with Crippen molar-refractivity contribution in [3.63, 3.8) is 0 Å². The predicted octanol–water partition coefficient (Wildman–Crippen LogP) is -0.149. The van der Waals surface area contributed by atoms with Crippen molar-refractivity contribution in [1.82, 2.24) is 4.90 Å². The normalized spacial score (nSPS) is 22.4. The molecule has 0 aromatic rings. The Hall–Kier alpha value is -1.96. The van der Waals surface area contributed by atoms with E-state index in [-0.39, 0.29) is 37.5 Å². The standard InChI is InChI=1S/C14H22N2O6/c1-14(5-2-6-16(14)11(18)8-15)10(17)7-9(13(21)22)3-4-12(19)20/h9H,2-8,15H2,1H3,(H,19,20)(H,21,22). The van der Waals surface area contributed by atoms with Gasteiger partial charge in [0.05, 0.1) is 18.0 Å². The molecular weight excluding hydrogens is 292 g/mol. The molecule has 8 nitrogen and oxygen atoms in total. The highest BCUT2D eigenvalue weighted by Crippen LogP contribution is 2.32. The second-order valence-corrected chi connectivity index (χ2v) is 5.72. The van der Waals surface area contributed by atoms with E-state index in [1.807, 2.05) is 0 Å². The van der Waals surface area contributed by atoms with E-state index in [4.69, 9.17) is 15.9 Å². The van der Waals surface area contributed by atoms with Crippen LogP contribution in [0, 0.1) is 5.92 Å². The van der Waals surface area contributed by atoms with Crippen LogP contribution in [0.1, 0.15) is 39.0 Å². The van der Waals surface area contributed by atoms with Crippen molar-refractivity contribution >= 4 is 23.6 Å². The van der Waals surface area contributed by atoms with Crippen LogP contribution in [0.4, 0.5) is 0 Å². The molecule has 8 heteroatoms. The number of nitrogens with two attached hydrogens (primary N) is 1. The molecule has 0 radical (unpaired) electrons. The second kappa shape index (κ2) is 7.35. The molecule has 124 valence electrons. The highest BCUT2D eigenvalue weighted by Gasteiger charge is 2.45. The molecular formula is C14H22N2O6. The van der Waals surface area contributed by atoms with Crippen molar-refractivity contribution in [3.8, 4) is 0 Å². The first kappa shape index (κ1) is 18.1. The third kappa shape index (κ3) is 4.03. The Morgan fingerprint density at radius 3 is 2.41 bits per heavy atom. The number of likely N-dealkylation sites (tertiary alicyclic amines) is 1. The molecule has 1 aliphatic rings. The van der Waals surface area contributed by atoms with E-state index in [0.717, 1.165) is 0 Å². The Labute approximate surface area is 128 Å². The number of aliphatic carboxylic acids is 2. The summed E-state index contributed by atoms with van der Waals surface area (Å²) in [6.45, 7) is 1.83. The van der Waals surface area contributed by atoms with Gasteiger partial charge in [0.2, 0.25) is 5.91 Å². The number of Topliss-reactive ketones (excluding diaryl/α,β-unsaturated/α-hetero) is 1. The Bertz CT molecular complexity index is 478. The molecule has 4 N–H and O–H groups in total. The monoisotopic (exact) mass is 314 g/mol. The van der Waals surface area contributed by atoms with E-state index in [9.17, 15) is 19.2 Å². The lowest BCUT2D eigenvalue weighted by Crippen LogP contribution is -2.53. The molecule has 2 unspecified atom stereocenters. The third-order valence-electron chi connectivity index (χ3n) is 4.21. The van der Waals surface area contributed by atoms with Crippen molar-refractivity contribution < 1.29 is 29.4 Å². The predicted molar refractivity (Wildman–Crippen MR) is 76.0 cm³/mol. The molecule has 0 aromatic carbocycles. The Morgan fingerprint density at radius 1 is 1.27 bits per heavy atom. The van der Waals surface area contributed by atoms with Crippen LogP contribution in [0.3, 0.4) is 0 Å². The van der Waals surface area contributed by atoms with Crippen LogP contribution >= 0.6 is 0 Å². The van der Waals surface area contributed by atoms with Gasteiger partial charge in [0.25, 0.3) is 0 Å². The van der Waals surface area contributed by atoms with Gasteiger partial charge in [-0.05, 0) is 26.2 Å². The van der Waals surface area contributed by atoms with Crippen molar-refractivity contribution in [3.05, 3.63) is 0 Å². The van der Waals surface area contributed by atoms with E-state index in [1.54, 1.807) is 6.92 Å². The SMILES string of the molecule is CC1(C(=O)CC(CCC(=O)O)C(=O)O)CCCN1C(=O)CN. The molecule has 0 bridgehead atoms. The fourth-order valence-electron chi connectivity index (χ4n) is 2.82. The lowest BCUT2D eigenvalue weighted by molar-refractivity contribution is -0.148. The average molecular weight is 314 g/mol. The number of carbonyl (C=O) groups excluding carboxylic acids is 2. The van der Waals surface area contributed by atoms with Gasteiger partial charge in [-0.3, -0.25) is 19.2 Å². The highest BCUT2D eigenvalue weighted by atomic mass is 16.4. The van der Waals surface area contributed by atoms with Crippen LogP contribution in [0.5, 0.6) is 0 Å². The van der Waals surface area contributed by atoms with Gasteiger partial charge in [-0.15, -0.1) is 0 Å². The van der Waals surface area contributed by atoms with E-state index in [1.165, 1.54) is 4.90 Å². The fraction of sp³-hybridized carbons (Fsp3) is 0.714. The molecule has 1 rings (SSSR count). The van der Waals surface area contributed by atoms with Gasteiger partial charge in [-0.2, -0.15) is 0 Å². The maximum atomic E-state index is 12.5. The first-order chi connectivity index (χ1) is 10.2. The zero-order chi connectivity index (χ0) is 16.9. The first-order valence-electron chi connectivity index (χ1n) is 7.20. The molecule has 0 spiro atoms. The van der Waals surface area contributed by atoms with E-state index >= 15 is 0 Å². The molecule has 22 heavy (non-hydrogen) atoms. The molecule has 1 amide bonds. The summed E-state index contributed by atoms with van der Waals surface area (Å²) in [5, 5.41) is 17.8. The minimum Gasteiger partial charge on any atom is -0.481 e. The number of amides is 1. The van der Waals surface area contributed by atoms with Crippen LogP contribution < -0.4 is 5.73 Å². The van der Waals surface area contributed by atoms with Gasteiger partial charge >= 0.3 is 11.9 Å². The van der Waals surface area contributed by atoms with Crippen LogP contribution in [0.15, 0.2) is 0 Å². The van der Waals surface area contributed by atoms with Crippen LogP contribution in [0.25, 0.3) is 0 Å². The number of carboxylic acids is 2. The van der Waals surface area contributed by atoms with E-state index in [2.05, 4.69) is 0 Å². The number of nitrogens with zero attached hydrogens (tertiary/aromatic N) is 1. The molecule has 1 heterocycles. The second-order valence-electron chi connectivity index (χ2n) is 5.72. The summed E-state index contributed by atoms with van der Waals surface area (Å²) < 4.78 is 0. The van der Waals surface area contributed by atoms with Gasteiger partial charge in [0, 0.05) is 19.4 Å². The Morgan fingerprint density at radius 2 is 1.91 bits per heavy atom. The summed E-state index contributed by atoms with van der Waals surface area (Å²) in [6.07, 6.45) is 0.404. The maximum Gasteiger partial charge on any atom is 0.306 e. The first-order valence-corrected chi connectivity index (χ1v) is 7.20. The topological polar surface area (TPSA) is 138 Å². The average Bonchev–Trinajstić information content (AvgIpc) is 2.85. The number of rotatable bonds is 8. The van der Waals surface area contributed by atoms with Gasteiger partial charge in [-0.1, -0.05) is 0 Å². The van der Waals surface area contributed by atoms with Gasteiger partial charge < -0.3 is 20.8 Å². The quantitative estimate of drug-likeness (QED) is 0.566. The lowest BCUT2D eigenvalue weighted by Gasteiger charge is -2.34. The molecule has 1 fully saturated rings.